The number of rotatable bonds is 6. The number of benzene rings is 1. The number of nitrogens with two attached hydrogens (primary N) is 1. The fourth-order valence-electron chi connectivity index (χ4n) is 3.60. The molecule has 8 nitrogen and oxygen atoms in total. The van der Waals surface area contributed by atoms with E-state index in [-0.39, 0.29) is 34.3 Å². The lowest BCUT2D eigenvalue weighted by molar-refractivity contribution is -0.205. The van der Waals surface area contributed by atoms with Gasteiger partial charge in [-0.2, -0.15) is 23.5 Å². The molecule has 36 heavy (non-hydrogen) atoms. The van der Waals surface area contributed by atoms with Gasteiger partial charge in [0.25, 0.3) is 0 Å². The van der Waals surface area contributed by atoms with Crippen molar-refractivity contribution in [2.75, 3.05) is 11.1 Å². The lowest BCUT2D eigenvalue weighted by Crippen LogP contribution is -2.43. The lowest BCUT2D eigenvalue weighted by atomic mass is 9.91. The van der Waals surface area contributed by atoms with Crippen LogP contribution in [0.5, 0.6) is 0 Å². The highest BCUT2D eigenvalue weighted by Gasteiger charge is 2.51. The molecule has 1 unspecified atom stereocenters. The van der Waals surface area contributed by atoms with Crippen molar-refractivity contribution >= 4 is 17.6 Å². The molecule has 0 bridgehead atoms. The van der Waals surface area contributed by atoms with Gasteiger partial charge in [-0.15, -0.1) is 0 Å². The monoisotopic (exact) mass is 502 g/mol. The second-order valence-corrected chi connectivity index (χ2v) is 10.4. The zero-order valence-electron chi connectivity index (χ0n) is 21.0. The number of nitrogen functional groups attached to an aromatic ring is 1. The number of nitriles is 1. The zero-order chi connectivity index (χ0) is 27.1. The van der Waals surface area contributed by atoms with Crippen LogP contribution in [0.2, 0.25) is 0 Å². The van der Waals surface area contributed by atoms with Crippen molar-refractivity contribution in [3.8, 4) is 17.3 Å². The normalized spacial score (nSPS) is 13.3. The third-order valence-electron chi connectivity index (χ3n) is 5.85. The van der Waals surface area contributed by atoms with Crippen molar-refractivity contribution in [3.05, 3.63) is 47.2 Å². The van der Waals surface area contributed by atoms with Gasteiger partial charge in [-0.25, -0.2) is 4.68 Å². The Labute approximate surface area is 207 Å². The Morgan fingerprint density at radius 2 is 1.81 bits per heavy atom. The first kappa shape index (κ1) is 26.8. The molecule has 2 aromatic heterocycles. The van der Waals surface area contributed by atoms with Crippen molar-refractivity contribution < 1.29 is 22.5 Å². The summed E-state index contributed by atoms with van der Waals surface area (Å²) in [6.07, 6.45) is -3.95. The number of hydrogen-bond donors (Lipinski definition) is 2. The van der Waals surface area contributed by atoms with E-state index in [0.717, 1.165) is 19.5 Å². The maximum atomic E-state index is 13.5. The molecule has 1 atom stereocenters. The third kappa shape index (κ3) is 5.37. The molecule has 0 saturated heterocycles. The van der Waals surface area contributed by atoms with Crippen molar-refractivity contribution in [2.24, 2.45) is 5.41 Å². The highest BCUT2D eigenvalue weighted by Crippen LogP contribution is 2.40. The molecular formula is C25H29F3N6O2. The first-order chi connectivity index (χ1) is 16.5. The van der Waals surface area contributed by atoms with Crippen molar-refractivity contribution in [2.45, 2.75) is 65.6 Å². The fraction of sp³-hybridized carbons (Fsp3) is 0.440. The van der Waals surface area contributed by atoms with Crippen LogP contribution in [0.3, 0.4) is 0 Å². The maximum Gasteiger partial charge on any atom is 0.413 e. The second-order valence-electron chi connectivity index (χ2n) is 10.4. The van der Waals surface area contributed by atoms with Crippen LogP contribution < -0.4 is 11.1 Å². The predicted octanol–water partition coefficient (Wildman–Crippen LogP) is 5.62. The van der Waals surface area contributed by atoms with Crippen LogP contribution in [0.1, 0.15) is 64.3 Å². The van der Waals surface area contributed by atoms with Crippen molar-refractivity contribution in [1.82, 2.24) is 14.9 Å². The SMILES string of the molecule is CC(C(=O)Nc1cc(CC(C)(C)C)no1)c1ccc(-c2nn(C(C)(C)C(F)(F)F)c(N)c2C#N)cc1. The minimum atomic E-state index is -4.64. The van der Waals surface area contributed by atoms with Crippen molar-refractivity contribution in [3.63, 3.8) is 0 Å². The van der Waals surface area contributed by atoms with Gasteiger partial charge in [0.1, 0.15) is 23.1 Å². The molecule has 1 amide bonds. The highest BCUT2D eigenvalue weighted by atomic mass is 19.4. The number of anilines is 2. The number of amides is 1. The summed E-state index contributed by atoms with van der Waals surface area (Å²) in [7, 11) is 0. The number of halogens is 3. The van der Waals surface area contributed by atoms with Gasteiger partial charge in [0.2, 0.25) is 11.8 Å². The van der Waals surface area contributed by atoms with Gasteiger partial charge in [-0.05, 0) is 38.2 Å². The largest absolute Gasteiger partial charge is 0.413 e. The van der Waals surface area contributed by atoms with E-state index in [0.29, 0.717) is 22.2 Å². The first-order valence-corrected chi connectivity index (χ1v) is 11.3. The van der Waals surface area contributed by atoms with Gasteiger partial charge in [0, 0.05) is 11.6 Å². The Kier molecular flexibility index (Phi) is 6.94. The number of carbonyl (C=O) groups is 1. The Morgan fingerprint density at radius 3 is 2.33 bits per heavy atom. The lowest BCUT2D eigenvalue weighted by Gasteiger charge is -2.28. The molecule has 0 radical (unpaired) electrons. The summed E-state index contributed by atoms with van der Waals surface area (Å²) in [5.41, 5.74) is 5.13. The number of aromatic nitrogens is 3. The average Bonchev–Trinajstić information content (AvgIpc) is 3.34. The number of carbonyl (C=O) groups excluding carboxylic acids is 1. The fourth-order valence-corrected chi connectivity index (χ4v) is 3.60. The van der Waals surface area contributed by atoms with Crippen LogP contribution in [0, 0.1) is 16.7 Å². The molecule has 0 aliphatic carbocycles. The van der Waals surface area contributed by atoms with E-state index in [2.05, 4.69) is 36.3 Å². The molecule has 3 rings (SSSR count). The van der Waals surface area contributed by atoms with E-state index >= 15 is 0 Å². The summed E-state index contributed by atoms with van der Waals surface area (Å²) < 4.78 is 46.5. The van der Waals surface area contributed by atoms with Crippen LogP contribution >= 0.6 is 0 Å². The number of nitrogens with zero attached hydrogens (tertiary/aromatic N) is 4. The van der Waals surface area contributed by atoms with Gasteiger partial charge in [0.05, 0.1) is 11.6 Å². The van der Waals surface area contributed by atoms with E-state index in [9.17, 15) is 23.2 Å². The highest BCUT2D eigenvalue weighted by molar-refractivity contribution is 5.94. The van der Waals surface area contributed by atoms with Gasteiger partial charge in [-0.1, -0.05) is 50.2 Å². The Morgan fingerprint density at radius 1 is 1.19 bits per heavy atom. The summed E-state index contributed by atoms with van der Waals surface area (Å²) in [6, 6.07) is 10.0. The van der Waals surface area contributed by atoms with Gasteiger partial charge in [0.15, 0.2) is 5.54 Å². The predicted molar refractivity (Wildman–Crippen MR) is 129 cm³/mol. The Bertz CT molecular complexity index is 1290. The van der Waals surface area contributed by atoms with Crippen molar-refractivity contribution in [1.29, 1.82) is 5.26 Å². The maximum absolute atomic E-state index is 13.5. The average molecular weight is 503 g/mol. The Balaban J connectivity index is 1.81. The van der Waals surface area contributed by atoms with Gasteiger partial charge >= 0.3 is 6.18 Å². The molecule has 0 aliphatic rings. The van der Waals surface area contributed by atoms with E-state index in [1.165, 1.54) is 0 Å². The van der Waals surface area contributed by atoms with E-state index < -0.39 is 17.6 Å². The summed E-state index contributed by atoms with van der Waals surface area (Å²) in [5.74, 6) is -1.02. The molecular weight excluding hydrogens is 473 g/mol. The molecule has 0 spiro atoms. The molecule has 3 N–H and O–H groups in total. The van der Waals surface area contributed by atoms with E-state index in [1.54, 1.807) is 37.3 Å². The number of alkyl halides is 3. The summed E-state index contributed by atoms with van der Waals surface area (Å²) >= 11 is 0. The quantitative estimate of drug-likeness (QED) is 0.451. The van der Waals surface area contributed by atoms with Crippen LogP contribution in [0.25, 0.3) is 11.3 Å². The Hall–Kier alpha value is -3.81. The molecule has 0 saturated carbocycles. The zero-order valence-corrected chi connectivity index (χ0v) is 21.0. The molecule has 0 fully saturated rings. The van der Waals surface area contributed by atoms with Crippen LogP contribution in [0.4, 0.5) is 24.9 Å². The first-order valence-electron chi connectivity index (χ1n) is 11.3. The second kappa shape index (κ2) is 9.33. The summed E-state index contributed by atoms with van der Waals surface area (Å²) in [5, 5.41) is 20.2. The van der Waals surface area contributed by atoms with Gasteiger partial charge in [-0.3, -0.25) is 10.1 Å². The molecule has 1 aromatic carbocycles. The van der Waals surface area contributed by atoms with E-state index in [4.69, 9.17) is 10.3 Å². The molecule has 2 heterocycles. The van der Waals surface area contributed by atoms with Crippen LogP contribution in [0.15, 0.2) is 34.9 Å². The summed E-state index contributed by atoms with van der Waals surface area (Å²) in [4.78, 5) is 12.7. The molecule has 192 valence electrons. The molecule has 11 heteroatoms. The topological polar surface area (TPSA) is 123 Å². The minimum absolute atomic E-state index is 0.0155. The standard InChI is InChI=1S/C25H29F3N6O2/c1-14(22(35)31-19-11-17(33-36-19)12-23(2,3)4)15-7-9-16(10-8-15)20-18(13-29)21(30)34(32-20)24(5,6)25(26,27)28/h7-11,14H,12,30H2,1-6H3,(H,31,35). The summed E-state index contributed by atoms with van der Waals surface area (Å²) in [6.45, 7) is 9.79. The van der Waals surface area contributed by atoms with E-state index in [1.807, 2.05) is 6.07 Å². The molecule has 3 aromatic rings. The van der Waals surface area contributed by atoms with Crippen LogP contribution in [-0.2, 0) is 16.8 Å². The minimum Gasteiger partial charge on any atom is -0.383 e. The molecule has 0 aliphatic heterocycles. The third-order valence-corrected chi connectivity index (χ3v) is 5.85. The van der Waals surface area contributed by atoms with Crippen LogP contribution in [-0.4, -0.2) is 27.0 Å². The number of hydrogen-bond acceptors (Lipinski definition) is 6. The number of nitrogens with one attached hydrogen (secondary N) is 1. The smallest absolute Gasteiger partial charge is 0.383 e. The van der Waals surface area contributed by atoms with Gasteiger partial charge < -0.3 is 10.3 Å².